The minimum Gasteiger partial charge on any atom is -0.351 e. The average Bonchev–Trinajstić information content (AvgIpc) is 2.34. The zero-order valence-electron chi connectivity index (χ0n) is 10.7. The largest absolute Gasteiger partial charge is 0.351 e. The van der Waals surface area contributed by atoms with Crippen LogP contribution < -0.4 is 5.32 Å². The van der Waals surface area contributed by atoms with E-state index in [1.807, 2.05) is 0 Å². The number of halogens is 2. The fraction of sp³-hybridized carbons (Fsp3) is 0.538. The van der Waals surface area contributed by atoms with Gasteiger partial charge < -0.3 is 5.32 Å². The molecule has 0 atom stereocenters. The molecule has 0 fully saturated rings. The summed E-state index contributed by atoms with van der Waals surface area (Å²) in [4.78, 5) is 15.9. The molecule has 0 saturated heterocycles. The van der Waals surface area contributed by atoms with Crippen LogP contribution in [0.4, 0.5) is 0 Å². The number of rotatable bonds is 6. The molecule has 1 heterocycles. The highest BCUT2D eigenvalue weighted by Gasteiger charge is 2.18. The van der Waals surface area contributed by atoms with Crippen LogP contribution in [0.25, 0.3) is 0 Å². The Morgan fingerprint density at radius 3 is 2.78 bits per heavy atom. The number of aromatic nitrogens is 1. The molecule has 0 unspecified atom stereocenters. The lowest BCUT2D eigenvalue weighted by molar-refractivity contribution is 0.0934. The van der Waals surface area contributed by atoms with Crippen molar-refractivity contribution in [3.8, 4) is 0 Å². The highest BCUT2D eigenvalue weighted by atomic mass is 79.9. The molecule has 0 aliphatic rings. The van der Waals surface area contributed by atoms with Crippen molar-refractivity contribution in [1.82, 2.24) is 10.3 Å². The second-order valence-corrected chi connectivity index (χ2v) is 6.74. The summed E-state index contributed by atoms with van der Waals surface area (Å²) in [6.45, 7) is 5.00. The van der Waals surface area contributed by atoms with Gasteiger partial charge >= 0.3 is 0 Å². The molecule has 1 aromatic rings. The molecule has 0 aromatic carbocycles. The molecule has 3 nitrogen and oxygen atoms in total. The molecule has 1 amide bonds. The topological polar surface area (TPSA) is 42.0 Å². The standard InChI is InChI=1S/C13H18Br2N2O/c1-13(2,4-3-5-14)9-17-12(18)10-6-11(15)8-16-7-10/h6-8H,3-5,9H2,1-2H3,(H,17,18). The van der Waals surface area contributed by atoms with Crippen LogP contribution in [0.1, 0.15) is 37.0 Å². The molecule has 0 aliphatic carbocycles. The van der Waals surface area contributed by atoms with E-state index in [0.717, 1.165) is 22.6 Å². The van der Waals surface area contributed by atoms with Crippen LogP contribution in [0.2, 0.25) is 0 Å². The van der Waals surface area contributed by atoms with E-state index in [-0.39, 0.29) is 11.3 Å². The third kappa shape index (κ3) is 5.48. The Labute approximate surface area is 125 Å². The van der Waals surface area contributed by atoms with Crippen LogP contribution in [-0.2, 0) is 0 Å². The fourth-order valence-corrected chi connectivity index (χ4v) is 2.24. The number of hydrogen-bond donors (Lipinski definition) is 1. The summed E-state index contributed by atoms with van der Waals surface area (Å²) in [5, 5.41) is 3.96. The van der Waals surface area contributed by atoms with Gasteiger partial charge in [0.15, 0.2) is 0 Å². The Morgan fingerprint density at radius 2 is 2.17 bits per heavy atom. The van der Waals surface area contributed by atoms with E-state index in [1.54, 1.807) is 18.5 Å². The molecular weight excluding hydrogens is 360 g/mol. The maximum absolute atomic E-state index is 11.9. The second-order valence-electron chi connectivity index (χ2n) is 5.03. The van der Waals surface area contributed by atoms with Crippen molar-refractivity contribution in [1.29, 1.82) is 0 Å². The monoisotopic (exact) mass is 376 g/mol. The van der Waals surface area contributed by atoms with Crippen LogP contribution >= 0.6 is 31.9 Å². The lowest BCUT2D eigenvalue weighted by Gasteiger charge is -2.24. The van der Waals surface area contributed by atoms with E-state index >= 15 is 0 Å². The molecule has 5 heteroatoms. The number of nitrogens with one attached hydrogen (secondary N) is 1. The maximum atomic E-state index is 11.9. The Bertz CT molecular complexity index is 408. The van der Waals surface area contributed by atoms with Crippen LogP contribution in [0.15, 0.2) is 22.9 Å². The molecule has 18 heavy (non-hydrogen) atoms. The van der Waals surface area contributed by atoms with E-state index in [4.69, 9.17) is 0 Å². The van der Waals surface area contributed by atoms with E-state index in [0.29, 0.717) is 12.1 Å². The molecule has 1 aromatic heterocycles. The first-order valence-corrected chi connectivity index (χ1v) is 7.81. The highest BCUT2D eigenvalue weighted by Crippen LogP contribution is 2.21. The van der Waals surface area contributed by atoms with Crippen LogP contribution in [-0.4, -0.2) is 22.8 Å². The summed E-state index contributed by atoms with van der Waals surface area (Å²) < 4.78 is 0.814. The first kappa shape index (κ1) is 15.6. The molecule has 100 valence electrons. The third-order valence-corrected chi connectivity index (χ3v) is 3.68. The predicted molar refractivity (Wildman–Crippen MR) is 81.1 cm³/mol. The van der Waals surface area contributed by atoms with E-state index < -0.39 is 0 Å². The number of nitrogens with zero attached hydrogens (tertiary/aromatic N) is 1. The molecule has 0 aliphatic heterocycles. The van der Waals surface area contributed by atoms with Crippen molar-refractivity contribution in [3.05, 3.63) is 28.5 Å². The van der Waals surface area contributed by atoms with Crippen molar-refractivity contribution in [3.63, 3.8) is 0 Å². The predicted octanol–water partition coefficient (Wildman–Crippen LogP) is 3.78. The van der Waals surface area contributed by atoms with Gasteiger partial charge in [-0.15, -0.1) is 0 Å². The molecular formula is C13H18Br2N2O. The first-order chi connectivity index (χ1) is 8.44. The van der Waals surface area contributed by atoms with Crippen molar-refractivity contribution in [2.75, 3.05) is 11.9 Å². The van der Waals surface area contributed by atoms with E-state index in [9.17, 15) is 4.79 Å². The zero-order chi connectivity index (χ0) is 13.6. The molecule has 0 spiro atoms. The van der Waals surface area contributed by atoms with E-state index in [1.165, 1.54) is 0 Å². The molecule has 0 bridgehead atoms. The zero-order valence-corrected chi connectivity index (χ0v) is 13.8. The lowest BCUT2D eigenvalue weighted by Crippen LogP contribution is -2.34. The summed E-state index contributed by atoms with van der Waals surface area (Å²) in [5.41, 5.74) is 0.698. The number of carbonyl (C=O) groups is 1. The van der Waals surface area contributed by atoms with Gasteiger partial charge in [0.25, 0.3) is 5.91 Å². The minimum atomic E-state index is -0.0734. The molecule has 1 rings (SSSR count). The summed E-state index contributed by atoms with van der Waals surface area (Å²) in [5.74, 6) is -0.0734. The van der Waals surface area contributed by atoms with Gasteiger partial charge in [-0.3, -0.25) is 9.78 Å². The fourth-order valence-electron chi connectivity index (χ4n) is 1.59. The maximum Gasteiger partial charge on any atom is 0.252 e. The van der Waals surface area contributed by atoms with Gasteiger partial charge in [0, 0.05) is 28.7 Å². The van der Waals surface area contributed by atoms with Crippen LogP contribution in [0, 0.1) is 5.41 Å². The Hall–Kier alpha value is -0.420. The Balaban J connectivity index is 2.50. The summed E-state index contributed by atoms with van der Waals surface area (Å²) >= 11 is 6.73. The van der Waals surface area contributed by atoms with Gasteiger partial charge in [-0.05, 0) is 40.3 Å². The van der Waals surface area contributed by atoms with Gasteiger partial charge in [0.2, 0.25) is 0 Å². The normalized spacial score (nSPS) is 11.3. The van der Waals surface area contributed by atoms with Gasteiger partial charge in [-0.2, -0.15) is 0 Å². The minimum absolute atomic E-state index is 0.0734. The van der Waals surface area contributed by atoms with Crippen LogP contribution in [0.5, 0.6) is 0 Å². The van der Waals surface area contributed by atoms with Gasteiger partial charge in [0.05, 0.1) is 5.56 Å². The highest BCUT2D eigenvalue weighted by molar-refractivity contribution is 9.10. The molecule has 1 N–H and O–H groups in total. The number of hydrogen-bond acceptors (Lipinski definition) is 2. The Kier molecular flexibility index (Phi) is 6.29. The average molecular weight is 378 g/mol. The third-order valence-electron chi connectivity index (χ3n) is 2.68. The van der Waals surface area contributed by atoms with Crippen molar-refractivity contribution in [2.24, 2.45) is 5.41 Å². The van der Waals surface area contributed by atoms with Gasteiger partial charge in [-0.25, -0.2) is 0 Å². The van der Waals surface area contributed by atoms with Crippen molar-refractivity contribution < 1.29 is 4.79 Å². The lowest BCUT2D eigenvalue weighted by atomic mass is 9.88. The summed E-state index contributed by atoms with van der Waals surface area (Å²) in [6.07, 6.45) is 5.43. The van der Waals surface area contributed by atoms with Crippen molar-refractivity contribution >= 4 is 37.8 Å². The van der Waals surface area contributed by atoms with Crippen molar-refractivity contribution in [2.45, 2.75) is 26.7 Å². The number of amides is 1. The van der Waals surface area contributed by atoms with E-state index in [2.05, 4.69) is 56.0 Å². The molecule has 0 saturated carbocycles. The second kappa shape index (κ2) is 7.24. The SMILES string of the molecule is CC(C)(CCCBr)CNC(=O)c1cncc(Br)c1. The van der Waals surface area contributed by atoms with Gasteiger partial charge in [0.1, 0.15) is 0 Å². The summed E-state index contributed by atoms with van der Waals surface area (Å²) in [6, 6.07) is 1.77. The Morgan fingerprint density at radius 1 is 1.44 bits per heavy atom. The molecule has 0 radical (unpaired) electrons. The smallest absolute Gasteiger partial charge is 0.252 e. The number of carbonyl (C=O) groups excluding carboxylic acids is 1. The number of pyridine rings is 1. The van der Waals surface area contributed by atoms with Gasteiger partial charge in [-0.1, -0.05) is 29.8 Å². The summed E-state index contributed by atoms with van der Waals surface area (Å²) in [7, 11) is 0. The van der Waals surface area contributed by atoms with Crippen LogP contribution in [0.3, 0.4) is 0 Å². The number of alkyl halides is 1. The quantitative estimate of drug-likeness (QED) is 0.766. The first-order valence-electron chi connectivity index (χ1n) is 5.89.